The average molecular weight is 538 g/mol. The number of alkyl halides is 3. The van der Waals surface area contributed by atoms with E-state index in [4.69, 9.17) is 16.3 Å². The molecule has 192 valence electrons. The van der Waals surface area contributed by atoms with Crippen molar-refractivity contribution in [2.75, 3.05) is 25.6 Å². The lowest BCUT2D eigenvalue weighted by Gasteiger charge is -2.13. The zero-order chi connectivity index (χ0) is 26.4. The fourth-order valence-corrected chi connectivity index (χ4v) is 4.70. The first-order valence-corrected chi connectivity index (χ1v) is 11.9. The van der Waals surface area contributed by atoms with Gasteiger partial charge in [0, 0.05) is 36.5 Å². The molecule has 0 saturated carbocycles. The van der Waals surface area contributed by atoms with Crippen LogP contribution in [0, 0.1) is 0 Å². The first-order chi connectivity index (χ1) is 18.3. The number of imidazole rings is 1. The van der Waals surface area contributed by atoms with Crippen LogP contribution in [0.1, 0.15) is 5.56 Å². The van der Waals surface area contributed by atoms with Gasteiger partial charge < -0.3 is 10.1 Å². The highest BCUT2D eigenvalue weighted by molar-refractivity contribution is 6.31. The van der Waals surface area contributed by atoms with Gasteiger partial charge >= 0.3 is 6.18 Å². The summed E-state index contributed by atoms with van der Waals surface area (Å²) < 4.78 is 49.5. The first-order valence-electron chi connectivity index (χ1n) is 11.5. The van der Waals surface area contributed by atoms with Crippen LogP contribution in [0.2, 0.25) is 5.02 Å². The van der Waals surface area contributed by atoms with Crippen LogP contribution >= 0.6 is 11.6 Å². The predicted molar refractivity (Wildman–Crippen MR) is 139 cm³/mol. The van der Waals surface area contributed by atoms with Gasteiger partial charge in [0.2, 0.25) is 5.78 Å². The number of anilines is 1. The minimum atomic E-state index is -4.62. The van der Waals surface area contributed by atoms with Gasteiger partial charge in [-0.05, 0) is 48.0 Å². The fourth-order valence-electron chi connectivity index (χ4n) is 4.47. The molecule has 38 heavy (non-hydrogen) atoms. The van der Waals surface area contributed by atoms with Crippen molar-refractivity contribution < 1.29 is 17.9 Å². The molecule has 4 heterocycles. The molecule has 0 atom stereocenters. The van der Waals surface area contributed by atoms with E-state index in [1.165, 1.54) is 18.5 Å². The van der Waals surface area contributed by atoms with Crippen LogP contribution in [0.25, 0.3) is 44.5 Å². The van der Waals surface area contributed by atoms with Crippen molar-refractivity contribution in [1.82, 2.24) is 29.1 Å². The third-order valence-electron chi connectivity index (χ3n) is 6.26. The average Bonchev–Trinajstić information content (AvgIpc) is 3.50. The zero-order valence-electron chi connectivity index (χ0n) is 19.9. The lowest BCUT2D eigenvalue weighted by molar-refractivity contribution is -0.137. The van der Waals surface area contributed by atoms with Gasteiger partial charge in [0.15, 0.2) is 0 Å². The van der Waals surface area contributed by atoms with Crippen molar-refractivity contribution in [3.05, 3.63) is 77.8 Å². The van der Waals surface area contributed by atoms with E-state index in [-0.39, 0.29) is 10.7 Å². The third-order valence-corrected chi connectivity index (χ3v) is 6.59. The maximum absolute atomic E-state index is 13.7. The third kappa shape index (κ3) is 4.09. The highest BCUT2D eigenvalue weighted by atomic mass is 35.5. The molecule has 12 heteroatoms. The summed E-state index contributed by atoms with van der Waals surface area (Å²) >= 11 is 5.90. The Hall–Kier alpha value is -4.22. The molecule has 0 unspecified atom stereocenters. The Bertz CT molecular complexity index is 1800. The highest BCUT2D eigenvalue weighted by Crippen LogP contribution is 2.38. The summed E-state index contributed by atoms with van der Waals surface area (Å²) in [4.78, 5) is 9.05. The molecule has 0 aliphatic carbocycles. The second kappa shape index (κ2) is 9.26. The summed E-state index contributed by atoms with van der Waals surface area (Å²) in [6, 6.07) is 13.4. The van der Waals surface area contributed by atoms with E-state index in [1.54, 1.807) is 28.5 Å². The number of pyridine rings is 2. The molecule has 4 aromatic heterocycles. The number of fused-ring (bicyclic) bond motifs is 5. The molecular weight excluding hydrogens is 519 g/mol. The Kier molecular flexibility index (Phi) is 5.88. The standard InChI is InChI=1S/C26H19ClF3N7O/c1-38-9-8-31-23-7-3-16(12-33-23)15-2-6-21-18(10-15)24-22(13-32-21)36-14-34-35-25(36)37(24)17-4-5-20(27)19(11-17)26(28,29)30/h2-7,10-14H,8-9H2,1H3,(H,31,33). The van der Waals surface area contributed by atoms with Crippen molar-refractivity contribution >= 4 is 45.1 Å². The van der Waals surface area contributed by atoms with E-state index in [2.05, 4.69) is 25.5 Å². The number of halogens is 4. The molecule has 6 aromatic rings. The molecule has 0 bridgehead atoms. The summed E-state index contributed by atoms with van der Waals surface area (Å²) in [6.07, 6.45) is 0.307. The van der Waals surface area contributed by atoms with E-state index in [1.807, 2.05) is 30.3 Å². The number of rotatable bonds is 6. The molecule has 0 spiro atoms. The van der Waals surface area contributed by atoms with E-state index >= 15 is 0 Å². The van der Waals surface area contributed by atoms with E-state index in [0.29, 0.717) is 35.5 Å². The quantitative estimate of drug-likeness (QED) is 0.262. The fraction of sp³-hybridized carbons (Fsp3) is 0.154. The second-order valence-corrected chi connectivity index (χ2v) is 8.98. The van der Waals surface area contributed by atoms with Gasteiger partial charge in [-0.3, -0.25) is 14.0 Å². The first kappa shape index (κ1) is 24.1. The molecule has 0 aliphatic rings. The van der Waals surface area contributed by atoms with Crippen LogP contribution in [-0.2, 0) is 10.9 Å². The number of hydrogen-bond acceptors (Lipinski definition) is 6. The summed E-state index contributed by atoms with van der Waals surface area (Å²) in [6.45, 7) is 1.20. The van der Waals surface area contributed by atoms with Crippen molar-refractivity contribution in [1.29, 1.82) is 0 Å². The van der Waals surface area contributed by atoms with E-state index in [0.717, 1.165) is 28.4 Å². The number of nitrogens with one attached hydrogen (secondary N) is 1. The van der Waals surface area contributed by atoms with Gasteiger partial charge in [-0.25, -0.2) is 4.98 Å². The van der Waals surface area contributed by atoms with Gasteiger partial charge in [-0.2, -0.15) is 13.2 Å². The Morgan fingerprint density at radius 3 is 2.61 bits per heavy atom. The second-order valence-electron chi connectivity index (χ2n) is 8.57. The summed E-state index contributed by atoms with van der Waals surface area (Å²) in [5.74, 6) is 1.07. The maximum atomic E-state index is 13.7. The van der Waals surface area contributed by atoms with Crippen LogP contribution in [-0.4, -0.2) is 49.4 Å². The zero-order valence-corrected chi connectivity index (χ0v) is 20.6. The smallest absolute Gasteiger partial charge is 0.383 e. The SMILES string of the molecule is COCCNc1ccc(-c2ccc3ncc4c(c3c2)n(-c2ccc(Cl)c(C(F)(F)F)c2)c2nncn42)cn1. The van der Waals surface area contributed by atoms with Gasteiger partial charge in [-0.15, -0.1) is 10.2 Å². The minimum Gasteiger partial charge on any atom is -0.383 e. The number of hydrogen-bond donors (Lipinski definition) is 1. The van der Waals surface area contributed by atoms with Gasteiger partial charge in [0.1, 0.15) is 12.1 Å². The number of ether oxygens (including phenoxy) is 1. The molecule has 0 radical (unpaired) electrons. The van der Waals surface area contributed by atoms with Crippen LogP contribution in [0.5, 0.6) is 0 Å². The number of nitrogens with zero attached hydrogens (tertiary/aromatic N) is 6. The molecule has 1 N–H and O–H groups in total. The van der Waals surface area contributed by atoms with Crippen LogP contribution < -0.4 is 5.32 Å². The van der Waals surface area contributed by atoms with Gasteiger partial charge in [0.25, 0.3) is 0 Å². The van der Waals surface area contributed by atoms with Crippen LogP contribution in [0.15, 0.2) is 67.3 Å². The largest absolute Gasteiger partial charge is 0.417 e. The lowest BCUT2D eigenvalue weighted by Crippen LogP contribution is -2.08. The number of methoxy groups -OCH3 is 1. The summed E-state index contributed by atoms with van der Waals surface area (Å²) in [5, 5.41) is 11.7. The summed E-state index contributed by atoms with van der Waals surface area (Å²) in [5.41, 5.74) is 3.03. The van der Waals surface area contributed by atoms with E-state index in [9.17, 15) is 13.2 Å². The normalized spacial score (nSPS) is 12.1. The molecule has 0 amide bonds. The predicted octanol–water partition coefficient (Wildman–Crippen LogP) is 6.01. The van der Waals surface area contributed by atoms with Crippen molar-refractivity contribution in [2.45, 2.75) is 6.18 Å². The van der Waals surface area contributed by atoms with Crippen molar-refractivity contribution in [3.63, 3.8) is 0 Å². The van der Waals surface area contributed by atoms with Gasteiger partial charge in [0.05, 0.1) is 39.9 Å². The van der Waals surface area contributed by atoms with Crippen LogP contribution in [0.4, 0.5) is 19.0 Å². The minimum absolute atomic E-state index is 0.251. The Labute approximate surface area is 218 Å². The molecular formula is C26H19ClF3N7O. The Balaban J connectivity index is 1.55. The van der Waals surface area contributed by atoms with Crippen LogP contribution in [0.3, 0.4) is 0 Å². The van der Waals surface area contributed by atoms with Gasteiger partial charge in [-0.1, -0.05) is 17.7 Å². The molecule has 6 rings (SSSR count). The van der Waals surface area contributed by atoms with Crippen molar-refractivity contribution in [2.24, 2.45) is 0 Å². The monoisotopic (exact) mass is 537 g/mol. The lowest BCUT2D eigenvalue weighted by atomic mass is 10.0. The van der Waals surface area contributed by atoms with Crippen molar-refractivity contribution in [3.8, 4) is 16.8 Å². The Morgan fingerprint density at radius 2 is 1.84 bits per heavy atom. The molecule has 2 aromatic carbocycles. The highest BCUT2D eigenvalue weighted by Gasteiger charge is 2.34. The number of aromatic nitrogens is 6. The summed E-state index contributed by atoms with van der Waals surface area (Å²) in [7, 11) is 1.64. The number of benzene rings is 2. The molecule has 0 saturated heterocycles. The molecule has 0 fully saturated rings. The van der Waals surface area contributed by atoms with E-state index < -0.39 is 11.7 Å². The topological polar surface area (TPSA) is 82.2 Å². The maximum Gasteiger partial charge on any atom is 0.417 e. The Morgan fingerprint density at radius 1 is 1.00 bits per heavy atom. The molecule has 8 nitrogen and oxygen atoms in total. The molecule has 0 aliphatic heterocycles.